The summed E-state index contributed by atoms with van der Waals surface area (Å²) >= 11 is 0. The maximum Gasteiger partial charge on any atom is 0.144 e. The van der Waals surface area contributed by atoms with E-state index in [1.807, 2.05) is 0 Å². The summed E-state index contributed by atoms with van der Waals surface area (Å²) in [7, 11) is 0. The molecule has 0 heterocycles. The lowest BCUT2D eigenvalue weighted by atomic mass is 9.63. The van der Waals surface area contributed by atoms with Crippen LogP contribution in [-0.2, 0) is 9.53 Å². The Morgan fingerprint density at radius 1 is 1.06 bits per heavy atom. The second-order valence-corrected chi connectivity index (χ2v) is 6.32. The summed E-state index contributed by atoms with van der Waals surface area (Å²) in [5.74, 6) is 1.27. The number of carbonyl (C=O) groups is 1. The molecule has 3 fully saturated rings. The lowest BCUT2D eigenvalue weighted by Crippen LogP contribution is -2.54. The van der Waals surface area contributed by atoms with Crippen LogP contribution < -0.4 is 0 Å². The molecule has 0 aromatic rings. The zero-order valence-corrected chi connectivity index (χ0v) is 10.7. The third kappa shape index (κ3) is 2.05. The third-order valence-electron chi connectivity index (χ3n) is 5.30. The van der Waals surface area contributed by atoms with Gasteiger partial charge in [-0.05, 0) is 31.6 Å². The quantitative estimate of drug-likeness (QED) is 0.750. The normalized spacial score (nSPS) is 32.9. The number of hydrogen-bond donors (Lipinski definition) is 0. The van der Waals surface area contributed by atoms with Gasteiger partial charge in [-0.25, -0.2) is 0 Å². The van der Waals surface area contributed by atoms with Gasteiger partial charge < -0.3 is 4.74 Å². The van der Waals surface area contributed by atoms with Crippen molar-refractivity contribution in [3.63, 3.8) is 0 Å². The molecule has 1 unspecified atom stereocenters. The largest absolute Gasteiger partial charge is 0.376 e. The predicted octanol–water partition coefficient (Wildman–Crippen LogP) is 3.49. The Hall–Kier alpha value is -0.370. The van der Waals surface area contributed by atoms with Crippen LogP contribution in [0.2, 0.25) is 0 Å². The lowest BCUT2D eigenvalue weighted by Gasteiger charge is -2.45. The van der Waals surface area contributed by atoms with Crippen LogP contribution in [0.4, 0.5) is 0 Å². The van der Waals surface area contributed by atoms with Gasteiger partial charge in [0.1, 0.15) is 5.78 Å². The molecule has 0 N–H and O–H groups in total. The van der Waals surface area contributed by atoms with E-state index in [1.165, 1.54) is 44.9 Å². The SMILES string of the molecule is O=C1CC(OCC2CCCCC2)C12CCCC2. The summed E-state index contributed by atoms with van der Waals surface area (Å²) in [6.45, 7) is 0.916. The molecule has 3 aliphatic carbocycles. The van der Waals surface area contributed by atoms with E-state index in [1.54, 1.807) is 0 Å². The molecule has 0 aromatic heterocycles. The Kier molecular flexibility index (Phi) is 3.25. The molecule has 1 spiro atoms. The third-order valence-corrected chi connectivity index (χ3v) is 5.30. The molecule has 2 nitrogen and oxygen atoms in total. The van der Waals surface area contributed by atoms with E-state index in [0.29, 0.717) is 12.2 Å². The molecule has 3 saturated carbocycles. The molecule has 0 bridgehead atoms. The Labute approximate surface area is 104 Å². The second-order valence-electron chi connectivity index (χ2n) is 6.32. The Bertz CT molecular complexity index is 285. The van der Waals surface area contributed by atoms with E-state index >= 15 is 0 Å². The first kappa shape index (κ1) is 11.7. The highest BCUT2D eigenvalue weighted by molar-refractivity contribution is 5.92. The van der Waals surface area contributed by atoms with E-state index in [0.717, 1.165) is 25.4 Å². The second kappa shape index (κ2) is 4.72. The minimum atomic E-state index is -0.0192. The van der Waals surface area contributed by atoms with Gasteiger partial charge in [-0.1, -0.05) is 32.1 Å². The number of rotatable bonds is 3. The van der Waals surface area contributed by atoms with Crippen molar-refractivity contribution in [2.24, 2.45) is 11.3 Å². The number of Topliss-reactive ketones (excluding diaryl/α,β-unsaturated/α-hetero) is 1. The molecule has 0 aliphatic heterocycles. The molecule has 3 aliphatic rings. The fraction of sp³-hybridized carbons (Fsp3) is 0.933. The number of ketones is 1. The number of hydrogen-bond acceptors (Lipinski definition) is 2. The Morgan fingerprint density at radius 2 is 1.76 bits per heavy atom. The van der Waals surface area contributed by atoms with Gasteiger partial charge in [0, 0.05) is 13.0 Å². The van der Waals surface area contributed by atoms with Crippen molar-refractivity contribution in [2.75, 3.05) is 6.61 Å². The molecule has 17 heavy (non-hydrogen) atoms. The molecule has 96 valence electrons. The Morgan fingerprint density at radius 3 is 2.41 bits per heavy atom. The molecule has 3 rings (SSSR count). The molecular formula is C15H24O2. The molecule has 0 aromatic carbocycles. The van der Waals surface area contributed by atoms with Crippen molar-refractivity contribution in [3.8, 4) is 0 Å². The number of carbonyl (C=O) groups excluding carboxylic acids is 1. The maximum absolute atomic E-state index is 11.8. The highest BCUT2D eigenvalue weighted by Crippen LogP contribution is 2.52. The zero-order valence-electron chi connectivity index (χ0n) is 10.7. The van der Waals surface area contributed by atoms with Crippen molar-refractivity contribution >= 4 is 5.78 Å². The van der Waals surface area contributed by atoms with Crippen molar-refractivity contribution in [1.29, 1.82) is 0 Å². The average Bonchev–Trinajstić information content (AvgIpc) is 2.88. The first-order valence-corrected chi connectivity index (χ1v) is 7.46. The van der Waals surface area contributed by atoms with Crippen molar-refractivity contribution in [2.45, 2.75) is 70.3 Å². The fourth-order valence-electron chi connectivity index (χ4n) is 4.05. The molecular weight excluding hydrogens is 212 g/mol. The summed E-state index contributed by atoms with van der Waals surface area (Å²) in [6.07, 6.45) is 12.5. The standard InChI is InChI=1S/C15H24O2/c16-13-10-14(15(13)8-4-5-9-15)17-11-12-6-2-1-3-7-12/h12,14H,1-11H2. The molecule has 0 amide bonds. The smallest absolute Gasteiger partial charge is 0.144 e. The van der Waals surface area contributed by atoms with Crippen molar-refractivity contribution in [3.05, 3.63) is 0 Å². The van der Waals surface area contributed by atoms with Gasteiger partial charge in [0.2, 0.25) is 0 Å². The summed E-state index contributed by atoms with van der Waals surface area (Å²) in [5.41, 5.74) is -0.0192. The molecule has 0 radical (unpaired) electrons. The molecule has 0 saturated heterocycles. The van der Waals surface area contributed by atoms with Gasteiger partial charge in [0.25, 0.3) is 0 Å². The van der Waals surface area contributed by atoms with Crippen molar-refractivity contribution in [1.82, 2.24) is 0 Å². The van der Waals surface area contributed by atoms with E-state index in [-0.39, 0.29) is 11.5 Å². The lowest BCUT2D eigenvalue weighted by molar-refractivity contribution is -0.165. The van der Waals surface area contributed by atoms with E-state index in [4.69, 9.17) is 4.74 Å². The molecule has 2 heteroatoms. The van der Waals surface area contributed by atoms with E-state index in [2.05, 4.69) is 0 Å². The topological polar surface area (TPSA) is 26.3 Å². The van der Waals surface area contributed by atoms with Crippen LogP contribution in [0.15, 0.2) is 0 Å². The van der Waals surface area contributed by atoms with Gasteiger partial charge in [-0.3, -0.25) is 4.79 Å². The summed E-state index contributed by atoms with van der Waals surface area (Å²) in [5, 5.41) is 0. The minimum absolute atomic E-state index is 0.0192. The summed E-state index contributed by atoms with van der Waals surface area (Å²) in [4.78, 5) is 11.8. The van der Waals surface area contributed by atoms with Crippen LogP contribution in [-0.4, -0.2) is 18.5 Å². The Balaban J connectivity index is 1.50. The van der Waals surface area contributed by atoms with Crippen LogP contribution in [0, 0.1) is 11.3 Å². The van der Waals surface area contributed by atoms with Gasteiger partial charge in [0.05, 0.1) is 11.5 Å². The van der Waals surface area contributed by atoms with Gasteiger partial charge in [-0.2, -0.15) is 0 Å². The van der Waals surface area contributed by atoms with Crippen LogP contribution in [0.25, 0.3) is 0 Å². The number of ether oxygens (including phenoxy) is 1. The van der Waals surface area contributed by atoms with Gasteiger partial charge >= 0.3 is 0 Å². The van der Waals surface area contributed by atoms with Crippen molar-refractivity contribution < 1.29 is 9.53 Å². The summed E-state index contributed by atoms with van der Waals surface area (Å²) < 4.78 is 6.10. The first-order chi connectivity index (χ1) is 8.31. The van der Waals surface area contributed by atoms with E-state index < -0.39 is 0 Å². The predicted molar refractivity (Wildman–Crippen MR) is 66.8 cm³/mol. The highest BCUT2D eigenvalue weighted by Gasteiger charge is 2.56. The summed E-state index contributed by atoms with van der Waals surface area (Å²) in [6, 6.07) is 0. The van der Waals surface area contributed by atoms with Crippen LogP contribution in [0.3, 0.4) is 0 Å². The van der Waals surface area contributed by atoms with Crippen LogP contribution >= 0.6 is 0 Å². The van der Waals surface area contributed by atoms with Crippen LogP contribution in [0.5, 0.6) is 0 Å². The molecule has 1 atom stereocenters. The monoisotopic (exact) mass is 236 g/mol. The fourth-order valence-corrected chi connectivity index (χ4v) is 4.05. The first-order valence-electron chi connectivity index (χ1n) is 7.46. The average molecular weight is 236 g/mol. The van der Waals surface area contributed by atoms with Gasteiger partial charge in [-0.15, -0.1) is 0 Å². The zero-order chi connectivity index (χ0) is 11.7. The van der Waals surface area contributed by atoms with E-state index in [9.17, 15) is 4.79 Å². The minimum Gasteiger partial charge on any atom is -0.376 e. The van der Waals surface area contributed by atoms with Gasteiger partial charge in [0.15, 0.2) is 0 Å². The van der Waals surface area contributed by atoms with Crippen LogP contribution in [0.1, 0.15) is 64.2 Å². The highest BCUT2D eigenvalue weighted by atomic mass is 16.5. The maximum atomic E-state index is 11.8.